The molecule has 1 aromatic heterocycles. The van der Waals surface area contributed by atoms with Gasteiger partial charge in [-0.25, -0.2) is 4.39 Å². The molecule has 3 aromatic rings. The predicted octanol–water partition coefficient (Wildman–Crippen LogP) is 4.57. The number of carbonyl (C=O) groups is 1. The fourth-order valence-corrected chi connectivity index (χ4v) is 3.02. The standard InChI is InChI=1S/C18H15ClFN3O2S/c1-11(17(24)21-15-8-7-13(19)10-14(15)20)26-18-23-22-16(25-18)9-12-5-3-2-4-6-12/h2-8,10-11H,9H2,1H3,(H,21,24)/t11-/m0/s1. The van der Waals surface area contributed by atoms with Crippen molar-refractivity contribution in [3.8, 4) is 0 Å². The summed E-state index contributed by atoms with van der Waals surface area (Å²) in [7, 11) is 0. The van der Waals surface area contributed by atoms with Crippen molar-refractivity contribution in [1.29, 1.82) is 0 Å². The van der Waals surface area contributed by atoms with Gasteiger partial charge in [0, 0.05) is 5.02 Å². The monoisotopic (exact) mass is 391 g/mol. The molecule has 0 aliphatic rings. The van der Waals surface area contributed by atoms with Crippen LogP contribution in [0, 0.1) is 5.82 Å². The normalized spacial score (nSPS) is 12.0. The number of carbonyl (C=O) groups excluding carboxylic acids is 1. The second kappa shape index (κ2) is 8.33. The van der Waals surface area contributed by atoms with Gasteiger partial charge in [-0.1, -0.05) is 53.7 Å². The van der Waals surface area contributed by atoms with Gasteiger partial charge in [-0.05, 0) is 30.7 Å². The van der Waals surface area contributed by atoms with E-state index in [2.05, 4.69) is 15.5 Å². The topological polar surface area (TPSA) is 68.0 Å². The second-order valence-corrected chi connectivity index (χ2v) is 7.23. The van der Waals surface area contributed by atoms with Crippen LogP contribution < -0.4 is 5.32 Å². The van der Waals surface area contributed by atoms with Gasteiger partial charge in [-0.2, -0.15) is 0 Å². The van der Waals surface area contributed by atoms with Gasteiger partial charge in [0.25, 0.3) is 5.22 Å². The van der Waals surface area contributed by atoms with E-state index in [1.807, 2.05) is 30.3 Å². The van der Waals surface area contributed by atoms with Gasteiger partial charge < -0.3 is 9.73 Å². The number of aromatic nitrogens is 2. The maximum absolute atomic E-state index is 13.8. The Kier molecular flexibility index (Phi) is 5.90. The van der Waals surface area contributed by atoms with Crippen molar-refractivity contribution >= 4 is 35.0 Å². The molecule has 1 amide bonds. The zero-order chi connectivity index (χ0) is 18.5. The average Bonchev–Trinajstić information content (AvgIpc) is 3.05. The lowest BCUT2D eigenvalue weighted by molar-refractivity contribution is -0.115. The van der Waals surface area contributed by atoms with Gasteiger partial charge in [0.1, 0.15) is 5.82 Å². The minimum atomic E-state index is -0.592. The zero-order valence-electron chi connectivity index (χ0n) is 13.8. The summed E-state index contributed by atoms with van der Waals surface area (Å²) in [6.45, 7) is 1.68. The van der Waals surface area contributed by atoms with Crippen LogP contribution in [0.1, 0.15) is 18.4 Å². The highest BCUT2D eigenvalue weighted by molar-refractivity contribution is 8.00. The molecular formula is C18H15ClFN3O2S. The third-order valence-corrected chi connectivity index (χ3v) is 4.65. The summed E-state index contributed by atoms with van der Waals surface area (Å²) in [5, 5.41) is 10.5. The minimum absolute atomic E-state index is 0.0714. The van der Waals surface area contributed by atoms with Crippen molar-refractivity contribution < 1.29 is 13.6 Å². The van der Waals surface area contributed by atoms with Crippen molar-refractivity contribution in [2.24, 2.45) is 0 Å². The minimum Gasteiger partial charge on any atom is -0.416 e. The lowest BCUT2D eigenvalue weighted by Crippen LogP contribution is -2.23. The van der Waals surface area contributed by atoms with E-state index in [0.717, 1.165) is 23.4 Å². The molecule has 3 rings (SSSR count). The van der Waals surface area contributed by atoms with E-state index in [4.69, 9.17) is 16.0 Å². The summed E-state index contributed by atoms with van der Waals surface area (Å²) in [5.41, 5.74) is 1.12. The highest BCUT2D eigenvalue weighted by Crippen LogP contribution is 2.25. The molecule has 0 saturated carbocycles. The number of nitrogens with zero attached hydrogens (tertiary/aromatic N) is 2. The third kappa shape index (κ3) is 4.83. The molecule has 26 heavy (non-hydrogen) atoms. The van der Waals surface area contributed by atoms with Crippen molar-refractivity contribution in [3.05, 3.63) is 70.8 Å². The summed E-state index contributed by atoms with van der Waals surface area (Å²) in [6.07, 6.45) is 0.519. The van der Waals surface area contributed by atoms with Crippen LogP contribution in [-0.2, 0) is 11.2 Å². The molecule has 0 bridgehead atoms. The van der Waals surface area contributed by atoms with E-state index in [0.29, 0.717) is 12.3 Å². The first-order valence-electron chi connectivity index (χ1n) is 7.80. The molecule has 0 saturated heterocycles. The number of hydrogen-bond acceptors (Lipinski definition) is 5. The predicted molar refractivity (Wildman–Crippen MR) is 98.9 cm³/mol. The van der Waals surface area contributed by atoms with E-state index in [-0.39, 0.29) is 21.8 Å². The summed E-state index contributed by atoms with van der Waals surface area (Å²) in [5.74, 6) is -0.500. The second-order valence-electron chi connectivity index (χ2n) is 5.50. The number of nitrogens with one attached hydrogen (secondary N) is 1. The number of hydrogen-bond donors (Lipinski definition) is 1. The molecule has 2 aromatic carbocycles. The van der Waals surface area contributed by atoms with E-state index in [9.17, 15) is 9.18 Å². The van der Waals surface area contributed by atoms with E-state index >= 15 is 0 Å². The molecule has 0 radical (unpaired) electrons. The van der Waals surface area contributed by atoms with Crippen LogP contribution in [0.25, 0.3) is 0 Å². The Balaban J connectivity index is 1.59. The van der Waals surface area contributed by atoms with E-state index in [1.165, 1.54) is 12.1 Å². The Morgan fingerprint density at radius 3 is 2.77 bits per heavy atom. The van der Waals surface area contributed by atoms with Crippen LogP contribution in [0.4, 0.5) is 10.1 Å². The lowest BCUT2D eigenvalue weighted by atomic mass is 10.2. The molecule has 0 aliphatic carbocycles. The number of halogens is 2. The highest BCUT2D eigenvalue weighted by Gasteiger charge is 2.19. The highest BCUT2D eigenvalue weighted by atomic mass is 35.5. The smallest absolute Gasteiger partial charge is 0.277 e. The number of rotatable bonds is 6. The maximum Gasteiger partial charge on any atom is 0.277 e. The van der Waals surface area contributed by atoms with Crippen LogP contribution in [0.15, 0.2) is 58.2 Å². The van der Waals surface area contributed by atoms with Crippen molar-refractivity contribution in [2.45, 2.75) is 23.8 Å². The Labute approximate surface area is 159 Å². The van der Waals surface area contributed by atoms with Crippen LogP contribution >= 0.6 is 23.4 Å². The van der Waals surface area contributed by atoms with Gasteiger partial charge in [-0.3, -0.25) is 4.79 Å². The van der Waals surface area contributed by atoms with Crippen LogP contribution in [0.5, 0.6) is 0 Å². The Morgan fingerprint density at radius 1 is 1.27 bits per heavy atom. The lowest BCUT2D eigenvalue weighted by Gasteiger charge is -2.10. The molecule has 1 heterocycles. The molecule has 1 atom stereocenters. The van der Waals surface area contributed by atoms with Crippen molar-refractivity contribution in [3.63, 3.8) is 0 Å². The van der Waals surface area contributed by atoms with Gasteiger partial charge in [0.2, 0.25) is 11.8 Å². The first kappa shape index (κ1) is 18.4. The summed E-state index contributed by atoms with van der Waals surface area (Å²) < 4.78 is 19.3. The Hall–Kier alpha value is -2.38. The molecule has 134 valence electrons. The van der Waals surface area contributed by atoms with Crippen LogP contribution in [-0.4, -0.2) is 21.4 Å². The number of amides is 1. The van der Waals surface area contributed by atoms with E-state index in [1.54, 1.807) is 6.92 Å². The number of anilines is 1. The molecule has 8 heteroatoms. The molecule has 5 nitrogen and oxygen atoms in total. The molecule has 0 aliphatic heterocycles. The number of thioether (sulfide) groups is 1. The maximum atomic E-state index is 13.8. The van der Waals surface area contributed by atoms with E-state index < -0.39 is 11.1 Å². The first-order valence-corrected chi connectivity index (χ1v) is 9.06. The zero-order valence-corrected chi connectivity index (χ0v) is 15.4. The molecular weight excluding hydrogens is 377 g/mol. The average molecular weight is 392 g/mol. The van der Waals surface area contributed by atoms with Crippen LogP contribution in [0.3, 0.4) is 0 Å². The molecule has 0 spiro atoms. The van der Waals surface area contributed by atoms with Gasteiger partial charge in [0.05, 0.1) is 17.4 Å². The molecule has 0 fully saturated rings. The Morgan fingerprint density at radius 2 is 2.04 bits per heavy atom. The third-order valence-electron chi connectivity index (χ3n) is 3.48. The van der Waals surface area contributed by atoms with Crippen molar-refractivity contribution in [2.75, 3.05) is 5.32 Å². The quantitative estimate of drug-likeness (QED) is 0.623. The fraction of sp³-hybridized carbons (Fsp3) is 0.167. The van der Waals surface area contributed by atoms with Gasteiger partial charge in [-0.15, -0.1) is 10.2 Å². The fourth-order valence-electron chi connectivity index (χ4n) is 2.16. The largest absolute Gasteiger partial charge is 0.416 e. The molecule has 1 N–H and O–H groups in total. The summed E-state index contributed by atoms with van der Waals surface area (Å²) >= 11 is 6.81. The van der Waals surface area contributed by atoms with Crippen molar-refractivity contribution in [1.82, 2.24) is 10.2 Å². The number of benzene rings is 2. The summed E-state index contributed by atoms with van der Waals surface area (Å²) in [4.78, 5) is 12.2. The van der Waals surface area contributed by atoms with Gasteiger partial charge in [0.15, 0.2) is 0 Å². The summed E-state index contributed by atoms with van der Waals surface area (Å²) in [6, 6.07) is 13.8. The Bertz CT molecular complexity index is 904. The first-order chi connectivity index (χ1) is 12.5. The molecule has 0 unspecified atom stereocenters. The SMILES string of the molecule is C[C@H](Sc1nnc(Cc2ccccc2)o1)C(=O)Nc1ccc(Cl)cc1F. The van der Waals surface area contributed by atoms with Gasteiger partial charge >= 0.3 is 0 Å². The van der Waals surface area contributed by atoms with Crippen LogP contribution in [0.2, 0.25) is 5.02 Å².